The van der Waals surface area contributed by atoms with Crippen LogP contribution in [0.1, 0.15) is 11.1 Å². The molecular formula is C15H15BrN2O3. The number of nitrogens with one attached hydrogen (secondary N) is 1. The predicted molar refractivity (Wildman–Crippen MR) is 84.8 cm³/mol. The normalized spacial score (nSPS) is 10.4. The molecule has 0 fully saturated rings. The topological polar surface area (TPSA) is 64.4 Å². The van der Waals surface area contributed by atoms with Gasteiger partial charge in [-0.25, -0.2) is 0 Å². The Kier molecular flexibility index (Phi) is 4.93. The van der Waals surface area contributed by atoms with Crippen LogP contribution in [0.25, 0.3) is 0 Å². The van der Waals surface area contributed by atoms with Crippen molar-refractivity contribution in [3.8, 4) is 11.5 Å². The summed E-state index contributed by atoms with van der Waals surface area (Å²) in [6.07, 6.45) is 0. The van der Waals surface area contributed by atoms with E-state index in [1.165, 1.54) is 6.07 Å². The molecule has 2 aromatic carbocycles. The molecular weight excluding hydrogens is 336 g/mol. The van der Waals surface area contributed by atoms with Gasteiger partial charge < -0.3 is 10.1 Å². The highest BCUT2D eigenvalue weighted by Gasteiger charge is 2.16. The quantitative estimate of drug-likeness (QED) is 0.648. The van der Waals surface area contributed by atoms with Crippen LogP contribution >= 0.6 is 15.9 Å². The summed E-state index contributed by atoms with van der Waals surface area (Å²) in [5.74, 6) is 0.785. The van der Waals surface area contributed by atoms with E-state index >= 15 is 0 Å². The number of halogens is 1. The van der Waals surface area contributed by atoms with Gasteiger partial charge in [-0.1, -0.05) is 28.1 Å². The van der Waals surface area contributed by atoms with E-state index in [0.717, 1.165) is 22.1 Å². The van der Waals surface area contributed by atoms with Crippen molar-refractivity contribution in [1.29, 1.82) is 0 Å². The van der Waals surface area contributed by atoms with E-state index in [9.17, 15) is 10.1 Å². The fourth-order valence-electron chi connectivity index (χ4n) is 1.91. The molecule has 0 unspecified atom stereocenters. The van der Waals surface area contributed by atoms with Crippen LogP contribution in [0.4, 0.5) is 5.69 Å². The lowest BCUT2D eigenvalue weighted by Gasteiger charge is -2.09. The number of hydrogen-bond donors (Lipinski definition) is 1. The van der Waals surface area contributed by atoms with Gasteiger partial charge in [0.1, 0.15) is 5.75 Å². The lowest BCUT2D eigenvalue weighted by Crippen LogP contribution is -2.05. The van der Waals surface area contributed by atoms with E-state index in [2.05, 4.69) is 21.2 Å². The summed E-state index contributed by atoms with van der Waals surface area (Å²) in [5.41, 5.74) is 1.87. The molecule has 0 aliphatic rings. The average Bonchev–Trinajstić information content (AvgIpc) is 2.44. The van der Waals surface area contributed by atoms with Gasteiger partial charge in [-0.05, 0) is 43.3 Å². The van der Waals surface area contributed by atoms with Gasteiger partial charge in [-0.3, -0.25) is 10.1 Å². The number of rotatable bonds is 5. The van der Waals surface area contributed by atoms with Crippen LogP contribution in [-0.2, 0) is 6.54 Å². The van der Waals surface area contributed by atoms with Crippen molar-refractivity contribution in [3.63, 3.8) is 0 Å². The molecule has 6 heteroatoms. The molecule has 0 atom stereocenters. The van der Waals surface area contributed by atoms with Gasteiger partial charge in [0.25, 0.3) is 0 Å². The smallest absolute Gasteiger partial charge is 0.311 e. The van der Waals surface area contributed by atoms with Gasteiger partial charge in [0.05, 0.1) is 4.92 Å². The maximum absolute atomic E-state index is 11.1. The lowest BCUT2D eigenvalue weighted by atomic mass is 10.2. The molecule has 0 aliphatic heterocycles. The van der Waals surface area contributed by atoms with E-state index in [4.69, 9.17) is 4.74 Å². The zero-order valence-electron chi connectivity index (χ0n) is 11.7. The third-order valence-corrected chi connectivity index (χ3v) is 3.67. The first-order valence-corrected chi connectivity index (χ1v) is 7.16. The summed E-state index contributed by atoms with van der Waals surface area (Å²) in [4.78, 5) is 10.6. The average molecular weight is 351 g/mol. The molecule has 0 radical (unpaired) electrons. The maximum Gasteiger partial charge on any atom is 0.311 e. The first-order chi connectivity index (χ1) is 10.0. The highest BCUT2D eigenvalue weighted by Crippen LogP contribution is 2.33. The van der Waals surface area contributed by atoms with Crippen molar-refractivity contribution < 1.29 is 9.66 Å². The number of benzene rings is 2. The van der Waals surface area contributed by atoms with Crippen LogP contribution in [0.15, 0.2) is 40.9 Å². The second kappa shape index (κ2) is 6.69. The molecule has 21 heavy (non-hydrogen) atoms. The summed E-state index contributed by atoms with van der Waals surface area (Å²) in [5, 5.41) is 14.1. The highest BCUT2D eigenvalue weighted by molar-refractivity contribution is 9.10. The van der Waals surface area contributed by atoms with Gasteiger partial charge in [0.15, 0.2) is 0 Å². The molecule has 0 aliphatic carbocycles. The number of nitrogens with zero attached hydrogens (tertiary/aromatic N) is 1. The molecule has 0 bridgehead atoms. The Morgan fingerprint density at radius 1 is 1.29 bits per heavy atom. The van der Waals surface area contributed by atoms with E-state index in [0.29, 0.717) is 5.75 Å². The first kappa shape index (κ1) is 15.5. The fraction of sp³-hybridized carbons (Fsp3) is 0.200. The number of hydrogen-bond acceptors (Lipinski definition) is 4. The van der Waals surface area contributed by atoms with E-state index in [-0.39, 0.29) is 11.4 Å². The second-order valence-electron chi connectivity index (χ2n) is 4.61. The van der Waals surface area contributed by atoms with E-state index in [1.54, 1.807) is 31.2 Å². The van der Waals surface area contributed by atoms with Crippen LogP contribution in [0.3, 0.4) is 0 Å². The van der Waals surface area contributed by atoms with Crippen LogP contribution in [0.2, 0.25) is 0 Å². The Bertz CT molecular complexity index is 674. The zero-order chi connectivity index (χ0) is 15.4. The van der Waals surface area contributed by atoms with E-state index in [1.807, 2.05) is 13.1 Å². The Labute approximate surface area is 131 Å². The van der Waals surface area contributed by atoms with Crippen LogP contribution in [-0.4, -0.2) is 12.0 Å². The lowest BCUT2D eigenvalue weighted by molar-refractivity contribution is -0.385. The molecule has 0 spiro atoms. The largest absolute Gasteiger partial charge is 0.450 e. The van der Waals surface area contributed by atoms with E-state index < -0.39 is 4.92 Å². The van der Waals surface area contributed by atoms with Gasteiger partial charge in [0.2, 0.25) is 5.75 Å². The summed E-state index contributed by atoms with van der Waals surface area (Å²) in [6.45, 7) is 2.53. The molecule has 0 aromatic heterocycles. The minimum Gasteiger partial charge on any atom is -0.450 e. The molecule has 0 saturated carbocycles. The van der Waals surface area contributed by atoms with Crippen molar-refractivity contribution in [2.45, 2.75) is 13.5 Å². The fourth-order valence-corrected chi connectivity index (χ4v) is 2.41. The van der Waals surface area contributed by atoms with Crippen LogP contribution < -0.4 is 10.1 Å². The molecule has 0 amide bonds. The Morgan fingerprint density at radius 3 is 2.67 bits per heavy atom. The first-order valence-electron chi connectivity index (χ1n) is 6.37. The molecule has 110 valence electrons. The summed E-state index contributed by atoms with van der Waals surface area (Å²) in [6, 6.07) is 10.4. The minimum atomic E-state index is -0.438. The molecule has 0 saturated heterocycles. The standard InChI is InChI=1S/C15H15BrN2O3/c1-10-3-6-15(14(7-10)18(19)20)21-12-5-4-11(9-17-2)13(16)8-12/h3-8,17H,9H2,1-2H3. The van der Waals surface area contributed by atoms with Crippen molar-refractivity contribution >= 4 is 21.6 Å². The van der Waals surface area contributed by atoms with Crippen LogP contribution in [0, 0.1) is 17.0 Å². The summed E-state index contributed by atoms with van der Waals surface area (Å²) < 4.78 is 6.54. The highest BCUT2D eigenvalue weighted by atomic mass is 79.9. The summed E-state index contributed by atoms with van der Waals surface area (Å²) in [7, 11) is 1.87. The van der Waals surface area contributed by atoms with Gasteiger partial charge in [-0.15, -0.1) is 0 Å². The van der Waals surface area contributed by atoms with Gasteiger partial charge in [0, 0.05) is 17.1 Å². The number of nitro benzene ring substituents is 1. The SMILES string of the molecule is CNCc1ccc(Oc2ccc(C)cc2[N+](=O)[O-])cc1Br. The molecule has 2 aromatic rings. The van der Waals surface area contributed by atoms with Gasteiger partial charge in [-0.2, -0.15) is 0 Å². The van der Waals surface area contributed by atoms with Crippen molar-refractivity contribution in [1.82, 2.24) is 5.32 Å². The molecule has 1 N–H and O–H groups in total. The van der Waals surface area contributed by atoms with Gasteiger partial charge >= 0.3 is 5.69 Å². The minimum absolute atomic E-state index is 0.0366. The number of ether oxygens (including phenoxy) is 1. The summed E-state index contributed by atoms with van der Waals surface area (Å²) >= 11 is 3.47. The number of nitro groups is 1. The Balaban J connectivity index is 2.30. The zero-order valence-corrected chi connectivity index (χ0v) is 13.3. The third kappa shape index (κ3) is 3.80. The monoisotopic (exact) mass is 350 g/mol. The molecule has 5 nitrogen and oxygen atoms in total. The van der Waals surface area contributed by atoms with Crippen molar-refractivity contribution in [3.05, 3.63) is 62.1 Å². The van der Waals surface area contributed by atoms with Crippen molar-refractivity contribution in [2.24, 2.45) is 0 Å². The predicted octanol–water partition coefficient (Wildman–Crippen LogP) is 4.18. The van der Waals surface area contributed by atoms with Crippen molar-refractivity contribution in [2.75, 3.05) is 7.05 Å². The Morgan fingerprint density at radius 2 is 2.05 bits per heavy atom. The number of aryl methyl sites for hydroxylation is 1. The Hall–Kier alpha value is -1.92. The molecule has 0 heterocycles. The molecule has 2 rings (SSSR count). The van der Waals surface area contributed by atoms with Crippen LogP contribution in [0.5, 0.6) is 11.5 Å². The second-order valence-corrected chi connectivity index (χ2v) is 5.47. The third-order valence-electron chi connectivity index (χ3n) is 2.93. The maximum atomic E-state index is 11.1.